The number of carbonyl (C=O) groups excluding carboxylic acids is 2. The van der Waals surface area contributed by atoms with Gasteiger partial charge in [-0.05, 0) is 31.0 Å². The Morgan fingerprint density at radius 1 is 1.15 bits per heavy atom. The number of hydrogen-bond acceptors (Lipinski definition) is 4. The zero-order valence-electron chi connectivity index (χ0n) is 14.8. The number of rotatable bonds is 6. The zero-order chi connectivity index (χ0) is 18.5. The molecule has 1 aliphatic rings. The van der Waals surface area contributed by atoms with Crippen molar-refractivity contribution >= 4 is 11.8 Å². The van der Waals surface area contributed by atoms with Crippen molar-refractivity contribution in [3.63, 3.8) is 0 Å². The van der Waals surface area contributed by atoms with Gasteiger partial charge in [-0.2, -0.15) is 5.10 Å². The molecule has 1 aromatic heterocycles. The first-order chi connectivity index (χ1) is 12.5. The van der Waals surface area contributed by atoms with Crippen molar-refractivity contribution in [1.82, 2.24) is 20.0 Å². The number of amides is 2. The monoisotopic (exact) mass is 354 g/mol. The number of benzene rings is 1. The SMILES string of the molecule is Cn1nc(-c2ccc(C(=O)NCCCN3CCCC3=O)cc2)ccc1=O. The molecule has 1 fully saturated rings. The second kappa shape index (κ2) is 7.95. The molecule has 136 valence electrons. The van der Waals surface area contributed by atoms with Crippen LogP contribution in [0.5, 0.6) is 0 Å². The van der Waals surface area contributed by atoms with Crippen LogP contribution in [0.2, 0.25) is 0 Å². The maximum absolute atomic E-state index is 12.2. The molecule has 1 aliphatic heterocycles. The van der Waals surface area contributed by atoms with Gasteiger partial charge in [0, 0.05) is 50.3 Å². The molecule has 7 heteroatoms. The van der Waals surface area contributed by atoms with E-state index in [1.54, 1.807) is 25.2 Å². The Balaban J connectivity index is 1.52. The van der Waals surface area contributed by atoms with Crippen LogP contribution in [0.3, 0.4) is 0 Å². The molecule has 0 bridgehead atoms. The maximum Gasteiger partial charge on any atom is 0.266 e. The highest BCUT2D eigenvalue weighted by atomic mass is 16.2. The predicted molar refractivity (Wildman–Crippen MR) is 97.7 cm³/mol. The molecule has 0 unspecified atom stereocenters. The Hall–Kier alpha value is -2.96. The van der Waals surface area contributed by atoms with E-state index < -0.39 is 0 Å². The molecule has 2 aromatic rings. The lowest BCUT2D eigenvalue weighted by Crippen LogP contribution is -2.30. The second-order valence-corrected chi connectivity index (χ2v) is 6.35. The van der Waals surface area contributed by atoms with Crippen LogP contribution in [-0.2, 0) is 11.8 Å². The highest BCUT2D eigenvalue weighted by molar-refractivity contribution is 5.94. The smallest absolute Gasteiger partial charge is 0.266 e. The average molecular weight is 354 g/mol. The van der Waals surface area contributed by atoms with E-state index in [2.05, 4.69) is 10.4 Å². The molecule has 0 atom stereocenters. The van der Waals surface area contributed by atoms with E-state index >= 15 is 0 Å². The second-order valence-electron chi connectivity index (χ2n) is 6.35. The topological polar surface area (TPSA) is 84.3 Å². The summed E-state index contributed by atoms with van der Waals surface area (Å²) in [6, 6.07) is 10.2. The molecule has 0 radical (unpaired) electrons. The standard InChI is InChI=1S/C19H22N4O3/c1-22-17(24)10-9-16(21-22)14-5-7-15(8-6-14)19(26)20-11-3-13-23-12-2-4-18(23)25/h5-10H,2-4,11-13H2,1H3,(H,20,26). The third-order valence-corrected chi connectivity index (χ3v) is 4.47. The molecule has 3 rings (SSSR count). The van der Waals surface area contributed by atoms with Crippen LogP contribution in [0.15, 0.2) is 41.2 Å². The summed E-state index contributed by atoms with van der Waals surface area (Å²) in [5.41, 5.74) is 1.91. The summed E-state index contributed by atoms with van der Waals surface area (Å²) in [7, 11) is 1.60. The summed E-state index contributed by atoms with van der Waals surface area (Å²) >= 11 is 0. The highest BCUT2D eigenvalue weighted by Gasteiger charge is 2.19. The molecule has 2 amide bonds. The first-order valence-electron chi connectivity index (χ1n) is 8.75. The minimum absolute atomic E-state index is 0.141. The molecule has 7 nitrogen and oxygen atoms in total. The molecular formula is C19H22N4O3. The lowest BCUT2D eigenvalue weighted by atomic mass is 10.1. The lowest BCUT2D eigenvalue weighted by Gasteiger charge is -2.15. The van der Waals surface area contributed by atoms with Gasteiger partial charge in [0.25, 0.3) is 11.5 Å². The predicted octanol–water partition coefficient (Wildman–Crippen LogP) is 1.19. The van der Waals surface area contributed by atoms with Gasteiger partial charge in [0.2, 0.25) is 5.91 Å². The number of nitrogens with zero attached hydrogens (tertiary/aromatic N) is 3. The van der Waals surface area contributed by atoms with Gasteiger partial charge in [0.05, 0.1) is 5.69 Å². The van der Waals surface area contributed by atoms with Gasteiger partial charge in [0.15, 0.2) is 0 Å². The van der Waals surface area contributed by atoms with Crippen molar-refractivity contribution in [3.05, 3.63) is 52.3 Å². The van der Waals surface area contributed by atoms with Crippen molar-refractivity contribution in [3.8, 4) is 11.3 Å². The van der Waals surface area contributed by atoms with Crippen LogP contribution in [0, 0.1) is 0 Å². The molecule has 0 aliphatic carbocycles. The van der Waals surface area contributed by atoms with Crippen molar-refractivity contribution in [2.45, 2.75) is 19.3 Å². The fraction of sp³-hybridized carbons (Fsp3) is 0.368. The summed E-state index contributed by atoms with van der Waals surface area (Å²) in [4.78, 5) is 37.0. The molecule has 1 saturated heterocycles. The number of carbonyl (C=O) groups is 2. The fourth-order valence-electron chi connectivity index (χ4n) is 2.96. The van der Waals surface area contributed by atoms with Gasteiger partial charge in [-0.3, -0.25) is 14.4 Å². The van der Waals surface area contributed by atoms with Crippen molar-refractivity contribution in [2.75, 3.05) is 19.6 Å². The van der Waals surface area contributed by atoms with Crippen molar-refractivity contribution in [2.24, 2.45) is 7.05 Å². The summed E-state index contributed by atoms with van der Waals surface area (Å²) in [5.74, 6) is 0.0663. The van der Waals surface area contributed by atoms with Crippen molar-refractivity contribution in [1.29, 1.82) is 0 Å². The Morgan fingerprint density at radius 2 is 1.92 bits per heavy atom. The first-order valence-corrected chi connectivity index (χ1v) is 8.75. The van der Waals surface area contributed by atoms with Crippen molar-refractivity contribution < 1.29 is 9.59 Å². The van der Waals surface area contributed by atoms with Crippen LogP contribution in [0.1, 0.15) is 29.6 Å². The molecule has 1 aromatic carbocycles. The average Bonchev–Trinajstić information content (AvgIpc) is 3.06. The van der Waals surface area contributed by atoms with Crippen LogP contribution in [-0.4, -0.2) is 46.1 Å². The van der Waals surface area contributed by atoms with Crippen LogP contribution >= 0.6 is 0 Å². The number of likely N-dealkylation sites (tertiary alicyclic amines) is 1. The number of aromatic nitrogens is 2. The van der Waals surface area contributed by atoms with E-state index in [4.69, 9.17) is 0 Å². The third-order valence-electron chi connectivity index (χ3n) is 4.47. The minimum Gasteiger partial charge on any atom is -0.352 e. The highest BCUT2D eigenvalue weighted by Crippen LogP contribution is 2.16. The van der Waals surface area contributed by atoms with Gasteiger partial charge in [-0.15, -0.1) is 0 Å². The van der Waals surface area contributed by atoms with E-state index in [-0.39, 0.29) is 17.4 Å². The maximum atomic E-state index is 12.2. The normalized spacial score (nSPS) is 13.9. The fourth-order valence-corrected chi connectivity index (χ4v) is 2.96. The van der Waals surface area contributed by atoms with Gasteiger partial charge >= 0.3 is 0 Å². The molecule has 2 heterocycles. The van der Waals surface area contributed by atoms with Gasteiger partial charge < -0.3 is 10.2 Å². The molecule has 26 heavy (non-hydrogen) atoms. The summed E-state index contributed by atoms with van der Waals surface area (Å²) in [5, 5.41) is 7.07. The molecular weight excluding hydrogens is 332 g/mol. The molecule has 0 saturated carbocycles. The quantitative estimate of drug-likeness (QED) is 0.790. The Morgan fingerprint density at radius 3 is 2.58 bits per heavy atom. The van der Waals surface area contributed by atoms with Gasteiger partial charge in [-0.1, -0.05) is 12.1 Å². The number of hydrogen-bond donors (Lipinski definition) is 1. The lowest BCUT2D eigenvalue weighted by molar-refractivity contribution is -0.127. The Labute approximate surface area is 151 Å². The largest absolute Gasteiger partial charge is 0.352 e. The van der Waals surface area contributed by atoms with E-state index in [0.29, 0.717) is 30.8 Å². The molecule has 1 N–H and O–H groups in total. The zero-order valence-corrected chi connectivity index (χ0v) is 14.8. The van der Waals surface area contributed by atoms with E-state index in [1.165, 1.54) is 10.7 Å². The summed E-state index contributed by atoms with van der Waals surface area (Å²) < 4.78 is 1.28. The van der Waals surface area contributed by atoms with E-state index in [1.807, 2.05) is 17.0 Å². The van der Waals surface area contributed by atoms with E-state index in [0.717, 1.165) is 24.9 Å². The Kier molecular flexibility index (Phi) is 5.46. The Bertz CT molecular complexity index is 858. The van der Waals surface area contributed by atoms with E-state index in [9.17, 15) is 14.4 Å². The van der Waals surface area contributed by atoms with Gasteiger partial charge in [0.1, 0.15) is 0 Å². The van der Waals surface area contributed by atoms with Crippen LogP contribution < -0.4 is 10.9 Å². The summed E-state index contributed by atoms with van der Waals surface area (Å²) in [6.07, 6.45) is 2.32. The van der Waals surface area contributed by atoms with Crippen LogP contribution in [0.25, 0.3) is 11.3 Å². The number of aryl methyl sites for hydroxylation is 1. The van der Waals surface area contributed by atoms with Crippen LogP contribution in [0.4, 0.5) is 0 Å². The third kappa shape index (κ3) is 4.17. The first kappa shape index (κ1) is 17.8. The van der Waals surface area contributed by atoms with Gasteiger partial charge in [-0.25, -0.2) is 4.68 Å². The summed E-state index contributed by atoms with van der Waals surface area (Å²) in [6.45, 7) is 2.05. The number of nitrogens with one attached hydrogen (secondary N) is 1. The molecule has 0 spiro atoms. The minimum atomic E-state index is -0.166.